The van der Waals surface area contributed by atoms with Gasteiger partial charge in [-0.1, -0.05) is 24.6 Å². The zero-order chi connectivity index (χ0) is 15.5. The smallest absolute Gasteiger partial charge is 0.200 e. The molecule has 6 heteroatoms. The molecule has 0 saturated heterocycles. The Morgan fingerprint density at radius 2 is 1.86 bits per heavy atom. The monoisotopic (exact) mass is 322 g/mol. The summed E-state index contributed by atoms with van der Waals surface area (Å²) in [5.41, 5.74) is 1.68. The van der Waals surface area contributed by atoms with Crippen molar-refractivity contribution in [3.8, 4) is 0 Å². The Labute approximate surface area is 129 Å². The van der Waals surface area contributed by atoms with Gasteiger partial charge in [-0.15, -0.1) is 11.3 Å². The maximum Gasteiger partial charge on any atom is 0.276 e. The maximum atomic E-state index is 12.1. The van der Waals surface area contributed by atoms with E-state index in [9.17, 15) is 8.42 Å². The van der Waals surface area contributed by atoms with Crippen molar-refractivity contribution in [2.75, 3.05) is 0 Å². The van der Waals surface area contributed by atoms with Crippen LogP contribution in [0.15, 0.2) is 46.4 Å². The van der Waals surface area contributed by atoms with Crippen LogP contribution in [-0.2, 0) is 16.4 Å². The molecule has 0 fully saturated rings. The Bertz CT molecular complexity index is 744. The van der Waals surface area contributed by atoms with Crippen LogP contribution in [0.1, 0.15) is 29.2 Å². The Hall–Kier alpha value is -1.66. The number of hydrogen-bond acceptors (Lipinski definition) is 4. The summed E-state index contributed by atoms with van der Waals surface area (Å²) in [6.07, 6.45) is 0.965. The molecule has 21 heavy (non-hydrogen) atoms. The van der Waals surface area contributed by atoms with E-state index in [4.69, 9.17) is 0 Å². The van der Waals surface area contributed by atoms with Gasteiger partial charge in [-0.2, -0.15) is 18.4 Å². The topological polar surface area (TPSA) is 58.5 Å². The van der Waals surface area contributed by atoms with E-state index in [2.05, 4.69) is 16.9 Å². The molecule has 1 heterocycles. The van der Waals surface area contributed by atoms with Crippen LogP contribution in [0.3, 0.4) is 0 Å². The van der Waals surface area contributed by atoms with Crippen molar-refractivity contribution in [2.45, 2.75) is 32.1 Å². The van der Waals surface area contributed by atoms with Gasteiger partial charge < -0.3 is 0 Å². The normalized spacial score (nSPS) is 12.4. The lowest BCUT2D eigenvalue weighted by atomic mass is 10.2. The van der Waals surface area contributed by atoms with E-state index in [0.717, 1.165) is 16.9 Å². The lowest BCUT2D eigenvalue weighted by molar-refractivity contribution is 0.584. The highest BCUT2D eigenvalue weighted by molar-refractivity contribution is 7.89. The van der Waals surface area contributed by atoms with Gasteiger partial charge in [0.2, 0.25) is 0 Å². The van der Waals surface area contributed by atoms with Gasteiger partial charge in [-0.05, 0) is 44.5 Å². The largest absolute Gasteiger partial charge is 0.276 e. The van der Waals surface area contributed by atoms with Crippen molar-refractivity contribution in [3.63, 3.8) is 0 Å². The van der Waals surface area contributed by atoms with Crippen molar-refractivity contribution >= 4 is 27.1 Å². The zero-order valence-electron chi connectivity index (χ0n) is 12.3. The molecule has 4 nitrogen and oxygen atoms in total. The van der Waals surface area contributed by atoms with Crippen molar-refractivity contribution in [3.05, 3.63) is 51.7 Å². The average Bonchev–Trinajstić information content (AvgIpc) is 2.94. The van der Waals surface area contributed by atoms with Crippen LogP contribution in [-0.4, -0.2) is 14.1 Å². The summed E-state index contributed by atoms with van der Waals surface area (Å²) in [5, 5.41) is 4.00. The van der Waals surface area contributed by atoms with Gasteiger partial charge in [0.1, 0.15) is 0 Å². The third-order valence-corrected chi connectivity index (χ3v) is 5.59. The molecular formula is C15H18N2O2S2. The molecule has 0 unspecified atom stereocenters. The van der Waals surface area contributed by atoms with Crippen molar-refractivity contribution in [1.29, 1.82) is 0 Å². The number of nitrogens with zero attached hydrogens (tertiary/aromatic N) is 1. The van der Waals surface area contributed by atoms with Crippen LogP contribution in [0.25, 0.3) is 0 Å². The third kappa shape index (κ3) is 3.92. The van der Waals surface area contributed by atoms with E-state index >= 15 is 0 Å². The summed E-state index contributed by atoms with van der Waals surface area (Å²) in [4.78, 5) is 4.72. The Balaban J connectivity index is 2.16. The molecule has 112 valence electrons. The fourth-order valence-electron chi connectivity index (χ4n) is 1.72. The number of benzene rings is 1. The Morgan fingerprint density at radius 3 is 2.43 bits per heavy atom. The minimum Gasteiger partial charge on any atom is -0.200 e. The molecule has 0 saturated carbocycles. The third-order valence-electron chi connectivity index (χ3n) is 3.03. The number of aryl methyl sites for hydroxylation is 2. The summed E-state index contributed by atoms with van der Waals surface area (Å²) in [6.45, 7) is 5.79. The first-order valence-corrected chi connectivity index (χ1v) is 8.94. The summed E-state index contributed by atoms with van der Waals surface area (Å²) in [6, 6.07) is 10.7. The Morgan fingerprint density at radius 1 is 1.19 bits per heavy atom. The molecule has 2 rings (SSSR count). The van der Waals surface area contributed by atoms with E-state index in [0.29, 0.717) is 5.71 Å². The minimum atomic E-state index is -3.61. The highest BCUT2D eigenvalue weighted by Crippen LogP contribution is 2.18. The molecular weight excluding hydrogens is 304 g/mol. The fraction of sp³-hybridized carbons (Fsp3) is 0.267. The summed E-state index contributed by atoms with van der Waals surface area (Å²) < 4.78 is 24.3. The minimum absolute atomic E-state index is 0.213. The SMILES string of the molecule is CCc1ccc(C(C)=NNS(=O)(=O)c2ccc(C)cc2)s1. The summed E-state index contributed by atoms with van der Waals surface area (Å²) >= 11 is 1.62. The van der Waals surface area contributed by atoms with Gasteiger partial charge in [0.05, 0.1) is 15.5 Å². The summed E-state index contributed by atoms with van der Waals surface area (Å²) in [7, 11) is -3.61. The van der Waals surface area contributed by atoms with Crippen LogP contribution in [0.4, 0.5) is 0 Å². The van der Waals surface area contributed by atoms with E-state index in [1.54, 1.807) is 42.5 Å². The van der Waals surface area contributed by atoms with Gasteiger partial charge in [0.25, 0.3) is 10.0 Å². The van der Waals surface area contributed by atoms with Crippen LogP contribution in [0.5, 0.6) is 0 Å². The quantitative estimate of drug-likeness (QED) is 0.678. The molecule has 0 bridgehead atoms. The molecule has 2 aromatic rings. The number of hydrogen-bond donors (Lipinski definition) is 1. The maximum absolute atomic E-state index is 12.1. The second-order valence-corrected chi connectivity index (χ2v) is 7.55. The standard InChI is InChI=1S/C15H18N2O2S2/c1-4-13-7-10-15(20-13)12(3)16-17-21(18,19)14-8-5-11(2)6-9-14/h5-10,17H,4H2,1-3H3. The Kier molecular flexibility index (Phi) is 4.80. The van der Waals surface area contributed by atoms with E-state index in [1.807, 2.05) is 19.1 Å². The lowest BCUT2D eigenvalue weighted by Crippen LogP contribution is -2.19. The molecule has 1 aromatic heterocycles. The van der Waals surface area contributed by atoms with Crippen LogP contribution in [0.2, 0.25) is 0 Å². The molecule has 0 atom stereocenters. The molecule has 0 spiro atoms. The highest BCUT2D eigenvalue weighted by atomic mass is 32.2. The van der Waals surface area contributed by atoms with Crippen molar-refractivity contribution in [2.24, 2.45) is 5.10 Å². The first-order valence-electron chi connectivity index (χ1n) is 6.64. The fourth-order valence-corrected chi connectivity index (χ4v) is 3.47. The molecule has 1 aromatic carbocycles. The first-order chi connectivity index (χ1) is 9.92. The molecule has 0 amide bonds. The molecule has 0 aliphatic rings. The number of rotatable bonds is 5. The second kappa shape index (κ2) is 6.41. The lowest BCUT2D eigenvalue weighted by Gasteiger charge is -2.04. The van der Waals surface area contributed by atoms with Gasteiger partial charge in [-0.3, -0.25) is 0 Å². The van der Waals surface area contributed by atoms with Crippen LogP contribution >= 0.6 is 11.3 Å². The van der Waals surface area contributed by atoms with Crippen molar-refractivity contribution < 1.29 is 8.42 Å². The summed E-state index contributed by atoms with van der Waals surface area (Å²) in [5.74, 6) is 0. The van der Waals surface area contributed by atoms with E-state index in [-0.39, 0.29) is 4.90 Å². The van der Waals surface area contributed by atoms with Crippen LogP contribution < -0.4 is 4.83 Å². The van der Waals surface area contributed by atoms with E-state index in [1.165, 1.54) is 4.88 Å². The van der Waals surface area contributed by atoms with Gasteiger partial charge >= 0.3 is 0 Å². The van der Waals surface area contributed by atoms with E-state index < -0.39 is 10.0 Å². The number of thiophene rings is 1. The van der Waals surface area contributed by atoms with Crippen LogP contribution in [0, 0.1) is 6.92 Å². The number of sulfonamides is 1. The van der Waals surface area contributed by atoms with Gasteiger partial charge in [0.15, 0.2) is 0 Å². The second-order valence-electron chi connectivity index (χ2n) is 4.72. The average molecular weight is 322 g/mol. The predicted molar refractivity (Wildman–Crippen MR) is 87.4 cm³/mol. The first kappa shape index (κ1) is 15.7. The van der Waals surface area contributed by atoms with Gasteiger partial charge in [-0.25, -0.2) is 0 Å². The molecule has 1 N–H and O–H groups in total. The number of nitrogens with one attached hydrogen (secondary N) is 1. The molecule has 0 aliphatic heterocycles. The predicted octanol–water partition coefficient (Wildman–Crippen LogP) is 3.32. The van der Waals surface area contributed by atoms with Crippen molar-refractivity contribution in [1.82, 2.24) is 4.83 Å². The number of hydrazone groups is 1. The highest BCUT2D eigenvalue weighted by Gasteiger charge is 2.12. The molecule has 0 aliphatic carbocycles. The molecule has 0 radical (unpaired) electrons. The zero-order valence-corrected chi connectivity index (χ0v) is 13.9. The van der Waals surface area contributed by atoms with Gasteiger partial charge in [0, 0.05) is 4.88 Å².